The number of hydrogen-bond donors (Lipinski definition) is 0. The highest BCUT2D eigenvalue weighted by molar-refractivity contribution is 5.71. The van der Waals surface area contributed by atoms with E-state index in [1.54, 1.807) is 0 Å². The van der Waals surface area contributed by atoms with Crippen molar-refractivity contribution >= 4 is 17.9 Å². The number of esters is 3. The minimum Gasteiger partial charge on any atom is -0.462 e. The second-order valence-electron chi connectivity index (χ2n) is 17.5. The molecule has 0 heterocycles. The molecule has 0 saturated heterocycles. The van der Waals surface area contributed by atoms with Crippen molar-refractivity contribution in [3.63, 3.8) is 0 Å². The SMILES string of the molecule is CC\C=C/C=C\C=C/C=C\CCCCCCCC(=O)OC(COC(=O)CCCCCCCCCCC/C=C\C/C=C\C/C=C\CC)COC(=O)CCCCCCCCCCCCCC. The Morgan fingerprint density at radius 3 is 1.14 bits per heavy atom. The van der Waals surface area contributed by atoms with Gasteiger partial charge in [-0.05, 0) is 70.6 Å². The molecule has 0 aromatic carbocycles. The highest BCUT2D eigenvalue weighted by Gasteiger charge is 2.19. The van der Waals surface area contributed by atoms with Crippen molar-refractivity contribution in [3.8, 4) is 0 Å². The van der Waals surface area contributed by atoms with E-state index in [1.807, 2.05) is 18.2 Å². The summed E-state index contributed by atoms with van der Waals surface area (Å²) in [4.78, 5) is 38.0. The molecule has 0 aliphatic carbocycles. The maximum Gasteiger partial charge on any atom is 0.306 e. The van der Waals surface area contributed by atoms with Gasteiger partial charge in [-0.2, -0.15) is 0 Å². The Bertz CT molecular complexity index is 1250. The first kappa shape index (κ1) is 60.6. The van der Waals surface area contributed by atoms with Gasteiger partial charge in [-0.3, -0.25) is 14.4 Å². The van der Waals surface area contributed by atoms with E-state index < -0.39 is 6.10 Å². The number of carbonyl (C=O) groups is 3. The molecule has 0 rings (SSSR count). The van der Waals surface area contributed by atoms with Gasteiger partial charge in [0.2, 0.25) is 0 Å². The Morgan fingerprint density at radius 2 is 0.688 bits per heavy atom. The van der Waals surface area contributed by atoms with Gasteiger partial charge in [0.15, 0.2) is 6.10 Å². The summed E-state index contributed by atoms with van der Waals surface area (Å²) < 4.78 is 16.8. The van der Waals surface area contributed by atoms with E-state index in [0.29, 0.717) is 19.3 Å². The maximum absolute atomic E-state index is 12.8. The van der Waals surface area contributed by atoms with E-state index in [-0.39, 0.29) is 31.1 Å². The number of carbonyl (C=O) groups excluding carboxylic acids is 3. The van der Waals surface area contributed by atoms with E-state index in [2.05, 4.69) is 87.6 Å². The van der Waals surface area contributed by atoms with E-state index in [0.717, 1.165) is 103 Å². The Labute approximate surface area is 395 Å². The summed E-state index contributed by atoms with van der Waals surface area (Å²) >= 11 is 0. The van der Waals surface area contributed by atoms with Crippen molar-refractivity contribution in [1.29, 1.82) is 0 Å². The maximum atomic E-state index is 12.8. The summed E-state index contributed by atoms with van der Waals surface area (Å²) in [5.74, 6) is -0.913. The van der Waals surface area contributed by atoms with Gasteiger partial charge < -0.3 is 14.2 Å². The van der Waals surface area contributed by atoms with Crippen LogP contribution in [0.4, 0.5) is 0 Å². The summed E-state index contributed by atoms with van der Waals surface area (Å²) in [5, 5.41) is 0. The van der Waals surface area contributed by atoms with Gasteiger partial charge in [-0.25, -0.2) is 0 Å². The lowest BCUT2D eigenvalue weighted by Crippen LogP contribution is -2.30. The van der Waals surface area contributed by atoms with Crippen molar-refractivity contribution in [2.75, 3.05) is 13.2 Å². The molecule has 0 aromatic rings. The van der Waals surface area contributed by atoms with Crippen LogP contribution in [0.15, 0.2) is 85.1 Å². The molecule has 0 aromatic heterocycles. The van der Waals surface area contributed by atoms with Gasteiger partial charge in [0, 0.05) is 19.3 Å². The normalized spacial score (nSPS) is 12.7. The van der Waals surface area contributed by atoms with Crippen LogP contribution in [0.1, 0.15) is 245 Å². The number of ether oxygens (including phenoxy) is 3. The largest absolute Gasteiger partial charge is 0.462 e. The average molecular weight is 891 g/mol. The molecule has 0 fully saturated rings. The predicted octanol–water partition coefficient (Wildman–Crippen LogP) is 17.6. The molecule has 0 bridgehead atoms. The quantitative estimate of drug-likeness (QED) is 0.0199. The summed E-state index contributed by atoms with van der Waals surface area (Å²) in [5.41, 5.74) is 0. The molecule has 64 heavy (non-hydrogen) atoms. The summed E-state index contributed by atoms with van der Waals surface area (Å²) in [6, 6.07) is 0. The number of rotatable bonds is 47. The van der Waals surface area contributed by atoms with Gasteiger partial charge in [-0.15, -0.1) is 0 Å². The van der Waals surface area contributed by atoms with Crippen LogP contribution in [0.5, 0.6) is 0 Å². The molecule has 366 valence electrons. The van der Waals surface area contributed by atoms with E-state index in [4.69, 9.17) is 14.2 Å². The zero-order valence-electron chi connectivity index (χ0n) is 41.8. The number of allylic oxidation sites excluding steroid dienone is 14. The lowest BCUT2D eigenvalue weighted by Gasteiger charge is -2.18. The molecule has 1 unspecified atom stereocenters. The fourth-order valence-electron chi connectivity index (χ4n) is 7.29. The number of hydrogen-bond acceptors (Lipinski definition) is 6. The molecular weight excluding hydrogens is 793 g/mol. The second-order valence-corrected chi connectivity index (χ2v) is 17.5. The molecule has 0 amide bonds. The number of unbranched alkanes of at least 4 members (excludes halogenated alkanes) is 25. The van der Waals surface area contributed by atoms with Crippen molar-refractivity contribution in [2.45, 2.75) is 252 Å². The predicted molar refractivity (Wildman–Crippen MR) is 274 cm³/mol. The second kappa shape index (κ2) is 52.2. The molecule has 1 atom stereocenters. The molecule has 0 aliphatic rings. The molecule has 0 aliphatic heterocycles. The van der Waals surface area contributed by atoms with Crippen LogP contribution in [0, 0.1) is 0 Å². The molecular formula is C58H98O6. The van der Waals surface area contributed by atoms with Crippen molar-refractivity contribution < 1.29 is 28.6 Å². The topological polar surface area (TPSA) is 78.9 Å². The van der Waals surface area contributed by atoms with Crippen LogP contribution in [-0.2, 0) is 28.6 Å². The van der Waals surface area contributed by atoms with Gasteiger partial charge in [0.05, 0.1) is 0 Å². The van der Waals surface area contributed by atoms with Crippen LogP contribution in [0.2, 0.25) is 0 Å². The first-order valence-electron chi connectivity index (χ1n) is 26.6. The minimum atomic E-state index is -0.789. The Hall–Kier alpha value is -3.41. The van der Waals surface area contributed by atoms with Gasteiger partial charge >= 0.3 is 17.9 Å². The fourth-order valence-corrected chi connectivity index (χ4v) is 7.29. The molecule has 0 spiro atoms. The van der Waals surface area contributed by atoms with Gasteiger partial charge in [0.25, 0.3) is 0 Å². The van der Waals surface area contributed by atoms with Gasteiger partial charge in [0.1, 0.15) is 13.2 Å². The summed E-state index contributed by atoms with van der Waals surface area (Å²) in [7, 11) is 0. The molecule has 6 nitrogen and oxygen atoms in total. The van der Waals surface area contributed by atoms with Crippen molar-refractivity contribution in [2.24, 2.45) is 0 Å². The lowest BCUT2D eigenvalue weighted by molar-refractivity contribution is -0.167. The third-order valence-electron chi connectivity index (χ3n) is 11.2. The summed E-state index contributed by atoms with van der Waals surface area (Å²) in [6.07, 6.45) is 67.1. The zero-order chi connectivity index (χ0) is 46.5. The Kier molecular flexibility index (Phi) is 49.4. The van der Waals surface area contributed by atoms with Crippen LogP contribution in [0.25, 0.3) is 0 Å². The minimum absolute atomic E-state index is 0.0866. The Morgan fingerprint density at radius 1 is 0.344 bits per heavy atom. The van der Waals surface area contributed by atoms with E-state index >= 15 is 0 Å². The van der Waals surface area contributed by atoms with Crippen LogP contribution < -0.4 is 0 Å². The smallest absolute Gasteiger partial charge is 0.306 e. The van der Waals surface area contributed by atoms with Crippen LogP contribution >= 0.6 is 0 Å². The van der Waals surface area contributed by atoms with Crippen LogP contribution in [-0.4, -0.2) is 37.2 Å². The average Bonchev–Trinajstić information content (AvgIpc) is 3.29. The molecule has 0 radical (unpaired) electrons. The Balaban J connectivity index is 4.39. The molecule has 6 heteroatoms. The summed E-state index contributed by atoms with van der Waals surface area (Å²) in [6.45, 7) is 6.37. The molecule has 0 saturated carbocycles. The standard InChI is InChI=1S/C58H98O6/c1-4-7-10-13-16-19-22-25-27-28-29-30-32-33-36-39-42-45-48-51-57(60)63-54-55(53-62-56(59)50-47-44-41-38-35-24-21-18-15-12-9-6-3)64-58(61)52-49-46-43-40-37-34-31-26-23-20-17-14-11-8-5-2/h7-8,10-11,14,16-17,19-20,23,25-27,31,55H,4-6,9,12-13,15,18,21-22,24,28-30,32-54H2,1-3H3/b10-7-,11-8-,17-14-,19-16-,23-20-,27-25-,31-26-. The third kappa shape index (κ3) is 49.6. The van der Waals surface area contributed by atoms with Gasteiger partial charge in [-0.1, -0.05) is 241 Å². The first-order valence-corrected chi connectivity index (χ1v) is 26.6. The zero-order valence-corrected chi connectivity index (χ0v) is 41.8. The van der Waals surface area contributed by atoms with E-state index in [9.17, 15) is 14.4 Å². The fraction of sp³-hybridized carbons (Fsp3) is 0.707. The first-order chi connectivity index (χ1) is 31.5. The lowest BCUT2D eigenvalue weighted by atomic mass is 10.0. The van der Waals surface area contributed by atoms with Crippen LogP contribution in [0.3, 0.4) is 0 Å². The monoisotopic (exact) mass is 891 g/mol. The van der Waals surface area contributed by atoms with Crippen molar-refractivity contribution in [1.82, 2.24) is 0 Å². The highest BCUT2D eigenvalue weighted by Crippen LogP contribution is 2.15. The highest BCUT2D eigenvalue weighted by atomic mass is 16.6. The third-order valence-corrected chi connectivity index (χ3v) is 11.2. The molecule has 0 N–H and O–H groups in total. The van der Waals surface area contributed by atoms with E-state index in [1.165, 1.54) is 103 Å². The van der Waals surface area contributed by atoms with Crippen molar-refractivity contribution in [3.05, 3.63) is 85.1 Å².